The number of rotatable bonds is 1. The van der Waals surface area contributed by atoms with Gasteiger partial charge in [0.25, 0.3) is 0 Å². The van der Waals surface area contributed by atoms with Crippen LogP contribution in [0.5, 0.6) is 5.75 Å². The van der Waals surface area contributed by atoms with Gasteiger partial charge in [-0.05, 0) is 29.2 Å². The Morgan fingerprint density at radius 3 is 2.80 bits per heavy atom. The number of hydrogen-bond acceptors (Lipinski definition) is 3. The number of phenolic OH excluding ortho intramolecular Hbond substituents is 1. The molecule has 0 spiro atoms. The molecule has 0 radical (unpaired) electrons. The third-order valence-corrected chi connectivity index (χ3v) is 2.63. The number of hydrogen-bond donors (Lipinski definition) is 3. The molecule has 1 aromatic rings. The second-order valence-electron chi connectivity index (χ2n) is 4.18. The molecule has 0 aromatic heterocycles. The van der Waals surface area contributed by atoms with Crippen molar-refractivity contribution in [2.75, 3.05) is 5.32 Å². The topological polar surface area (TPSA) is 44.3 Å². The van der Waals surface area contributed by atoms with Crippen LogP contribution in [-0.4, -0.2) is 5.11 Å². The number of nitrogens with one attached hydrogen (secondary N) is 2. The van der Waals surface area contributed by atoms with Crippen molar-refractivity contribution in [2.45, 2.75) is 26.3 Å². The van der Waals surface area contributed by atoms with E-state index in [1.807, 2.05) is 6.07 Å². The molecule has 3 heteroatoms. The predicted molar refractivity (Wildman–Crippen MR) is 61.8 cm³/mol. The summed E-state index contributed by atoms with van der Waals surface area (Å²) in [4.78, 5) is 0. The van der Waals surface area contributed by atoms with Crippen molar-refractivity contribution in [2.24, 2.45) is 0 Å². The van der Waals surface area contributed by atoms with Crippen LogP contribution in [0, 0.1) is 0 Å². The molecular formula is C12H16N2O. The maximum Gasteiger partial charge on any atom is 0.116 e. The van der Waals surface area contributed by atoms with Crippen LogP contribution in [-0.2, 0) is 6.54 Å². The number of aromatic hydroxyl groups is 1. The Hall–Kier alpha value is -1.64. The Labute approximate surface area is 89.8 Å². The van der Waals surface area contributed by atoms with Crippen LogP contribution in [0.25, 0.3) is 0 Å². The van der Waals surface area contributed by atoms with E-state index in [-0.39, 0.29) is 0 Å². The Balaban J connectivity index is 2.55. The molecule has 0 saturated carbocycles. The van der Waals surface area contributed by atoms with Crippen LogP contribution >= 0.6 is 0 Å². The minimum absolute atomic E-state index is 0.327. The third kappa shape index (κ3) is 1.77. The first kappa shape index (κ1) is 9.90. The standard InChI is InChI=1S/C12H16N2O/c1-7(2)11-5-10(15)4-9-6-13-8(3)14-12(9)11/h4-5,7,13-15H,3,6H2,1-2H3. The van der Waals surface area contributed by atoms with E-state index in [9.17, 15) is 5.11 Å². The fourth-order valence-electron chi connectivity index (χ4n) is 1.85. The summed E-state index contributed by atoms with van der Waals surface area (Å²) in [7, 11) is 0. The highest BCUT2D eigenvalue weighted by Gasteiger charge is 2.17. The molecule has 2 rings (SSSR count). The van der Waals surface area contributed by atoms with Crippen LogP contribution < -0.4 is 10.6 Å². The molecule has 0 amide bonds. The van der Waals surface area contributed by atoms with Gasteiger partial charge in [-0.25, -0.2) is 0 Å². The van der Waals surface area contributed by atoms with E-state index in [4.69, 9.17) is 0 Å². The largest absolute Gasteiger partial charge is 0.508 e. The van der Waals surface area contributed by atoms with E-state index in [1.54, 1.807) is 6.07 Å². The summed E-state index contributed by atoms with van der Waals surface area (Å²) in [6.45, 7) is 8.79. The summed E-state index contributed by atoms with van der Waals surface area (Å²) in [5, 5.41) is 15.9. The van der Waals surface area contributed by atoms with E-state index in [0.29, 0.717) is 11.7 Å². The van der Waals surface area contributed by atoms with Crippen LogP contribution in [0.3, 0.4) is 0 Å². The maximum atomic E-state index is 9.61. The van der Waals surface area contributed by atoms with Gasteiger partial charge in [0.1, 0.15) is 5.75 Å². The van der Waals surface area contributed by atoms with Gasteiger partial charge < -0.3 is 15.7 Å². The Morgan fingerprint density at radius 2 is 2.13 bits per heavy atom. The predicted octanol–water partition coefficient (Wildman–Crippen LogP) is 2.50. The summed E-state index contributed by atoms with van der Waals surface area (Å²) in [5.74, 6) is 1.52. The van der Waals surface area contributed by atoms with Crippen molar-refractivity contribution in [1.29, 1.82) is 0 Å². The van der Waals surface area contributed by atoms with Crippen molar-refractivity contribution >= 4 is 5.69 Å². The molecule has 3 N–H and O–H groups in total. The van der Waals surface area contributed by atoms with Gasteiger partial charge in [-0.15, -0.1) is 0 Å². The quantitative estimate of drug-likeness (QED) is 0.616. The van der Waals surface area contributed by atoms with Gasteiger partial charge >= 0.3 is 0 Å². The second-order valence-corrected chi connectivity index (χ2v) is 4.18. The van der Waals surface area contributed by atoms with Gasteiger partial charge in [0.15, 0.2) is 0 Å². The fraction of sp³-hybridized carbons (Fsp3) is 0.333. The highest BCUT2D eigenvalue weighted by molar-refractivity contribution is 5.65. The van der Waals surface area contributed by atoms with Crippen molar-refractivity contribution in [3.63, 3.8) is 0 Å². The molecule has 0 aliphatic carbocycles. The highest BCUT2D eigenvalue weighted by Crippen LogP contribution is 2.34. The smallest absolute Gasteiger partial charge is 0.116 e. The van der Waals surface area contributed by atoms with Crippen LogP contribution in [0.4, 0.5) is 5.69 Å². The van der Waals surface area contributed by atoms with Gasteiger partial charge in [0.2, 0.25) is 0 Å². The number of anilines is 1. The Bertz CT molecular complexity index is 410. The molecular weight excluding hydrogens is 188 g/mol. The summed E-state index contributed by atoms with van der Waals surface area (Å²) in [6, 6.07) is 3.60. The molecule has 0 unspecified atom stereocenters. The first-order chi connectivity index (χ1) is 7.08. The molecule has 1 aliphatic rings. The minimum atomic E-state index is 0.327. The van der Waals surface area contributed by atoms with Crippen LogP contribution in [0.15, 0.2) is 24.5 Å². The van der Waals surface area contributed by atoms with Crippen molar-refractivity contribution < 1.29 is 5.11 Å². The average Bonchev–Trinajstić information content (AvgIpc) is 2.17. The fourth-order valence-corrected chi connectivity index (χ4v) is 1.85. The Morgan fingerprint density at radius 1 is 1.40 bits per heavy atom. The van der Waals surface area contributed by atoms with E-state index in [2.05, 4.69) is 31.1 Å². The number of fused-ring (bicyclic) bond motifs is 1. The molecule has 0 bridgehead atoms. The molecule has 15 heavy (non-hydrogen) atoms. The lowest BCUT2D eigenvalue weighted by atomic mass is 9.96. The summed E-state index contributed by atoms with van der Waals surface area (Å²) >= 11 is 0. The van der Waals surface area contributed by atoms with Gasteiger partial charge in [-0.1, -0.05) is 20.4 Å². The van der Waals surface area contributed by atoms with Gasteiger partial charge in [-0.2, -0.15) is 0 Å². The lowest BCUT2D eigenvalue weighted by Crippen LogP contribution is -2.25. The molecule has 1 aliphatic heterocycles. The summed E-state index contributed by atoms with van der Waals surface area (Å²) in [5.41, 5.74) is 3.31. The molecule has 0 saturated heterocycles. The van der Waals surface area contributed by atoms with Crippen molar-refractivity contribution in [1.82, 2.24) is 5.32 Å². The zero-order chi connectivity index (χ0) is 11.0. The van der Waals surface area contributed by atoms with Crippen LogP contribution in [0.2, 0.25) is 0 Å². The van der Waals surface area contributed by atoms with Gasteiger partial charge in [-0.3, -0.25) is 0 Å². The average molecular weight is 204 g/mol. The van der Waals surface area contributed by atoms with Gasteiger partial charge in [0, 0.05) is 12.2 Å². The zero-order valence-corrected chi connectivity index (χ0v) is 9.09. The first-order valence-corrected chi connectivity index (χ1v) is 5.13. The van der Waals surface area contributed by atoms with Crippen molar-refractivity contribution in [3.8, 4) is 5.75 Å². The Kier molecular flexibility index (Phi) is 2.31. The summed E-state index contributed by atoms with van der Waals surface area (Å²) in [6.07, 6.45) is 0. The number of benzene rings is 1. The molecule has 0 fully saturated rings. The lowest BCUT2D eigenvalue weighted by Gasteiger charge is -2.26. The second kappa shape index (κ2) is 3.50. The van der Waals surface area contributed by atoms with Crippen molar-refractivity contribution in [3.05, 3.63) is 35.7 Å². The monoisotopic (exact) mass is 204 g/mol. The molecule has 1 aromatic carbocycles. The molecule has 3 nitrogen and oxygen atoms in total. The maximum absolute atomic E-state index is 9.61. The lowest BCUT2D eigenvalue weighted by molar-refractivity contribution is 0.473. The molecule has 1 heterocycles. The first-order valence-electron chi connectivity index (χ1n) is 5.13. The highest BCUT2D eigenvalue weighted by atomic mass is 16.3. The van der Waals surface area contributed by atoms with E-state index in [0.717, 1.165) is 29.2 Å². The molecule has 80 valence electrons. The SMILES string of the molecule is C=C1NCc2cc(O)cc(C(C)C)c2N1. The van der Waals surface area contributed by atoms with Gasteiger partial charge in [0.05, 0.1) is 5.82 Å². The zero-order valence-electron chi connectivity index (χ0n) is 9.09. The normalized spacial score (nSPS) is 14.5. The van der Waals surface area contributed by atoms with Crippen LogP contribution in [0.1, 0.15) is 30.9 Å². The number of phenols is 1. The van der Waals surface area contributed by atoms with E-state index < -0.39 is 0 Å². The molecule has 0 atom stereocenters. The summed E-state index contributed by atoms with van der Waals surface area (Å²) < 4.78 is 0. The van der Waals surface area contributed by atoms with E-state index in [1.165, 1.54) is 0 Å². The third-order valence-electron chi connectivity index (χ3n) is 2.63. The van der Waals surface area contributed by atoms with E-state index >= 15 is 0 Å². The minimum Gasteiger partial charge on any atom is -0.508 e.